The quantitative estimate of drug-likeness (QED) is 0.830. The van der Waals surface area contributed by atoms with Crippen LogP contribution in [0.2, 0.25) is 0 Å². The van der Waals surface area contributed by atoms with Crippen LogP contribution in [-0.2, 0) is 0 Å². The van der Waals surface area contributed by atoms with Gasteiger partial charge in [-0.2, -0.15) is 0 Å². The van der Waals surface area contributed by atoms with Crippen LogP contribution in [-0.4, -0.2) is 11.5 Å². The maximum atomic E-state index is 11.0. The van der Waals surface area contributed by atoms with Crippen molar-refractivity contribution >= 4 is 11.1 Å². The molecule has 1 unspecified atom stereocenters. The number of nitrogens with one attached hydrogen (secondary N) is 2. The fourth-order valence-corrected chi connectivity index (χ4v) is 1.92. The molecule has 0 radical (unpaired) electrons. The number of fused-ring (bicyclic) bond motifs is 1. The Morgan fingerprint density at radius 3 is 2.94 bits per heavy atom. The third-order valence-electron chi connectivity index (χ3n) is 2.71. The summed E-state index contributed by atoms with van der Waals surface area (Å²) >= 11 is 0. The van der Waals surface area contributed by atoms with Crippen molar-refractivity contribution in [2.75, 3.05) is 6.54 Å². The minimum atomic E-state index is -0.399. The van der Waals surface area contributed by atoms with E-state index in [2.05, 4.69) is 24.1 Å². The van der Waals surface area contributed by atoms with Gasteiger partial charge < -0.3 is 9.73 Å². The molecule has 16 heavy (non-hydrogen) atoms. The smallest absolute Gasteiger partial charge is 0.408 e. The van der Waals surface area contributed by atoms with Gasteiger partial charge in [0.2, 0.25) is 0 Å². The highest BCUT2D eigenvalue weighted by Crippen LogP contribution is 2.20. The van der Waals surface area contributed by atoms with Crippen LogP contribution in [0.4, 0.5) is 0 Å². The summed E-state index contributed by atoms with van der Waals surface area (Å²) < 4.78 is 5.04. The molecule has 1 atom stereocenters. The average Bonchev–Trinajstić information content (AvgIpc) is 2.64. The van der Waals surface area contributed by atoms with E-state index in [1.54, 1.807) is 0 Å². The molecule has 0 aliphatic carbocycles. The van der Waals surface area contributed by atoms with Crippen LogP contribution >= 0.6 is 0 Å². The van der Waals surface area contributed by atoms with E-state index in [0.29, 0.717) is 11.6 Å². The molecular weight excluding hydrogens is 204 g/mol. The number of H-pyrrole nitrogens is 1. The van der Waals surface area contributed by atoms with Gasteiger partial charge >= 0.3 is 5.76 Å². The lowest BCUT2D eigenvalue weighted by Crippen LogP contribution is -2.19. The van der Waals surface area contributed by atoms with E-state index in [0.717, 1.165) is 24.0 Å². The molecule has 0 aliphatic rings. The molecule has 0 spiro atoms. The minimum absolute atomic E-state index is 0.314. The van der Waals surface area contributed by atoms with E-state index in [9.17, 15) is 4.79 Å². The first-order valence-corrected chi connectivity index (χ1v) is 5.60. The van der Waals surface area contributed by atoms with Crippen molar-refractivity contribution in [3.05, 3.63) is 34.3 Å². The number of hydrogen-bond donors (Lipinski definition) is 2. The van der Waals surface area contributed by atoms with Crippen LogP contribution in [0.5, 0.6) is 0 Å². The Hall–Kier alpha value is -1.55. The predicted octanol–water partition coefficient (Wildman–Crippen LogP) is 2.18. The number of hydrogen-bond acceptors (Lipinski definition) is 3. The highest BCUT2D eigenvalue weighted by atomic mass is 16.4. The van der Waals surface area contributed by atoms with E-state index in [-0.39, 0.29) is 0 Å². The van der Waals surface area contributed by atoms with E-state index in [4.69, 9.17) is 4.42 Å². The lowest BCUT2D eigenvalue weighted by atomic mass is 10.0. The second-order valence-corrected chi connectivity index (χ2v) is 3.79. The van der Waals surface area contributed by atoms with Crippen molar-refractivity contribution in [3.8, 4) is 0 Å². The van der Waals surface area contributed by atoms with Crippen LogP contribution in [0.3, 0.4) is 0 Å². The van der Waals surface area contributed by atoms with E-state index >= 15 is 0 Å². The first-order chi connectivity index (χ1) is 7.74. The van der Waals surface area contributed by atoms with Gasteiger partial charge in [0.15, 0.2) is 5.58 Å². The standard InChI is InChI=1S/C12H16N2O2/c1-3-9(13-4-2)8-5-6-10-11(7-8)16-12(15)14-10/h5-7,9,13H,3-4H2,1-2H3,(H,14,15). The second kappa shape index (κ2) is 4.53. The molecule has 0 saturated carbocycles. The van der Waals surface area contributed by atoms with Crippen LogP contribution < -0.4 is 11.1 Å². The normalized spacial score (nSPS) is 13.1. The largest absolute Gasteiger partial charge is 0.417 e. The summed E-state index contributed by atoms with van der Waals surface area (Å²) in [5.41, 5.74) is 2.53. The van der Waals surface area contributed by atoms with Crippen molar-refractivity contribution in [2.24, 2.45) is 0 Å². The lowest BCUT2D eigenvalue weighted by Gasteiger charge is -2.15. The van der Waals surface area contributed by atoms with E-state index in [1.807, 2.05) is 18.2 Å². The molecule has 0 saturated heterocycles. The van der Waals surface area contributed by atoms with E-state index in [1.165, 1.54) is 0 Å². The lowest BCUT2D eigenvalue weighted by molar-refractivity contribution is 0.532. The van der Waals surface area contributed by atoms with Gasteiger partial charge in [-0.05, 0) is 30.7 Å². The van der Waals surface area contributed by atoms with Gasteiger partial charge in [-0.25, -0.2) is 4.79 Å². The predicted molar refractivity (Wildman–Crippen MR) is 63.5 cm³/mol. The Kier molecular flexibility index (Phi) is 3.10. The third-order valence-corrected chi connectivity index (χ3v) is 2.71. The summed E-state index contributed by atoms with van der Waals surface area (Å²) in [6, 6.07) is 6.14. The summed E-state index contributed by atoms with van der Waals surface area (Å²) in [5, 5.41) is 3.39. The number of benzene rings is 1. The first-order valence-electron chi connectivity index (χ1n) is 5.60. The summed E-state index contributed by atoms with van der Waals surface area (Å²) in [4.78, 5) is 13.7. The molecule has 4 nitrogen and oxygen atoms in total. The van der Waals surface area contributed by atoms with Crippen LogP contribution in [0.25, 0.3) is 11.1 Å². The van der Waals surface area contributed by atoms with E-state index < -0.39 is 5.76 Å². The van der Waals surface area contributed by atoms with Crippen molar-refractivity contribution in [3.63, 3.8) is 0 Å². The molecule has 1 aromatic carbocycles. The number of rotatable bonds is 4. The third kappa shape index (κ3) is 2.02. The zero-order chi connectivity index (χ0) is 11.5. The van der Waals surface area contributed by atoms with Crippen molar-refractivity contribution < 1.29 is 4.42 Å². The number of aromatic nitrogens is 1. The molecule has 2 N–H and O–H groups in total. The number of aromatic amines is 1. The van der Waals surface area contributed by atoms with Gasteiger partial charge in [0, 0.05) is 6.04 Å². The Bertz CT molecular complexity index is 527. The molecule has 2 rings (SSSR count). The van der Waals surface area contributed by atoms with Gasteiger partial charge in [0.05, 0.1) is 5.52 Å². The van der Waals surface area contributed by atoms with Crippen LogP contribution in [0.1, 0.15) is 31.9 Å². The maximum Gasteiger partial charge on any atom is 0.417 e. The Balaban J connectivity index is 2.40. The highest BCUT2D eigenvalue weighted by molar-refractivity contribution is 5.72. The van der Waals surface area contributed by atoms with Crippen LogP contribution in [0.15, 0.2) is 27.4 Å². The van der Waals surface area contributed by atoms with Gasteiger partial charge in [-0.1, -0.05) is 19.9 Å². The molecule has 0 bridgehead atoms. The summed E-state index contributed by atoms with van der Waals surface area (Å²) in [6.07, 6.45) is 1.01. The molecule has 0 aliphatic heterocycles. The first kappa shape index (κ1) is 11.0. The van der Waals surface area contributed by atoms with Crippen LogP contribution in [0, 0.1) is 0 Å². The molecule has 1 aromatic heterocycles. The Morgan fingerprint density at radius 1 is 1.44 bits per heavy atom. The molecular formula is C12H16N2O2. The second-order valence-electron chi connectivity index (χ2n) is 3.79. The Morgan fingerprint density at radius 2 is 2.25 bits per heavy atom. The van der Waals surface area contributed by atoms with Gasteiger partial charge in [0.25, 0.3) is 0 Å². The molecule has 86 valence electrons. The zero-order valence-corrected chi connectivity index (χ0v) is 9.54. The fourth-order valence-electron chi connectivity index (χ4n) is 1.92. The fraction of sp³-hybridized carbons (Fsp3) is 0.417. The number of oxazole rings is 1. The van der Waals surface area contributed by atoms with Crippen molar-refractivity contribution in [2.45, 2.75) is 26.3 Å². The Labute approximate surface area is 93.7 Å². The molecule has 1 heterocycles. The maximum absolute atomic E-state index is 11.0. The van der Waals surface area contributed by atoms with Crippen molar-refractivity contribution in [1.29, 1.82) is 0 Å². The SMILES string of the molecule is CCNC(CC)c1ccc2[nH]c(=O)oc2c1. The van der Waals surface area contributed by atoms with Gasteiger partial charge in [0.1, 0.15) is 0 Å². The van der Waals surface area contributed by atoms with Crippen molar-refractivity contribution in [1.82, 2.24) is 10.3 Å². The molecule has 0 fully saturated rings. The molecule has 4 heteroatoms. The molecule has 0 amide bonds. The monoisotopic (exact) mass is 220 g/mol. The minimum Gasteiger partial charge on any atom is -0.408 e. The summed E-state index contributed by atoms with van der Waals surface area (Å²) in [7, 11) is 0. The molecule has 2 aromatic rings. The zero-order valence-electron chi connectivity index (χ0n) is 9.54. The van der Waals surface area contributed by atoms with Gasteiger partial charge in [-0.15, -0.1) is 0 Å². The highest BCUT2D eigenvalue weighted by Gasteiger charge is 2.09. The topological polar surface area (TPSA) is 58.0 Å². The average molecular weight is 220 g/mol. The van der Waals surface area contributed by atoms with Gasteiger partial charge in [-0.3, -0.25) is 4.98 Å². The summed E-state index contributed by atoms with van der Waals surface area (Å²) in [6.45, 7) is 5.13. The summed E-state index contributed by atoms with van der Waals surface area (Å²) in [5.74, 6) is -0.399.